The highest BCUT2D eigenvalue weighted by molar-refractivity contribution is 8.00. The lowest BCUT2D eigenvalue weighted by atomic mass is 9.75. The van der Waals surface area contributed by atoms with E-state index in [1.807, 2.05) is 0 Å². The smallest absolute Gasteiger partial charge is 0.342 e. The first-order valence-corrected chi connectivity index (χ1v) is 9.22. The molecule has 0 aliphatic heterocycles. The number of ether oxygens (including phenoxy) is 1. The molecule has 0 saturated heterocycles. The fourth-order valence-electron chi connectivity index (χ4n) is 3.13. The highest BCUT2D eigenvalue weighted by Crippen LogP contribution is 2.36. The molecule has 1 aliphatic carbocycles. The lowest BCUT2D eigenvalue weighted by molar-refractivity contribution is -0.154. The first-order valence-electron chi connectivity index (χ1n) is 8.34. The van der Waals surface area contributed by atoms with Crippen LogP contribution in [0.25, 0.3) is 0 Å². The van der Waals surface area contributed by atoms with Gasteiger partial charge in [-0.2, -0.15) is 5.10 Å². The van der Waals surface area contributed by atoms with E-state index in [4.69, 9.17) is 4.74 Å². The van der Waals surface area contributed by atoms with Crippen molar-refractivity contribution in [3.05, 3.63) is 20.8 Å². The third-order valence-corrected chi connectivity index (χ3v) is 5.58. The molecule has 0 radical (unpaired) electrons. The molecule has 1 aliphatic rings. The number of nitrogens with one attached hydrogen (secondary N) is 2. The molecular formula is C16H25N3O4S. The molecule has 4 atom stereocenters. The van der Waals surface area contributed by atoms with Gasteiger partial charge in [0.25, 0.3) is 5.56 Å². The van der Waals surface area contributed by atoms with Crippen molar-refractivity contribution in [2.45, 2.75) is 63.3 Å². The van der Waals surface area contributed by atoms with Crippen LogP contribution in [0.5, 0.6) is 0 Å². The molecule has 0 aromatic carbocycles. The first kappa shape index (κ1) is 18.8. The highest BCUT2D eigenvalue weighted by atomic mass is 32.2. The number of aromatic amines is 2. The molecule has 0 unspecified atom stereocenters. The van der Waals surface area contributed by atoms with E-state index in [1.54, 1.807) is 6.92 Å². The number of nitrogens with zero attached hydrogens (tertiary/aromatic N) is 1. The third kappa shape index (κ3) is 4.72. The van der Waals surface area contributed by atoms with Gasteiger partial charge in [-0.1, -0.05) is 39.0 Å². The molecule has 1 aromatic heterocycles. The van der Waals surface area contributed by atoms with Crippen molar-refractivity contribution in [1.82, 2.24) is 15.2 Å². The zero-order valence-electron chi connectivity index (χ0n) is 14.5. The summed E-state index contributed by atoms with van der Waals surface area (Å²) in [7, 11) is 0. The van der Waals surface area contributed by atoms with E-state index in [9.17, 15) is 14.4 Å². The van der Waals surface area contributed by atoms with Crippen LogP contribution >= 0.6 is 11.8 Å². The van der Waals surface area contributed by atoms with E-state index >= 15 is 0 Å². The SMILES string of the molecule is CC(C)[C@H]1CC[C@@H](C)C[C@@H]1OC(=O)[C@@H](C)Sc1n[nH]c(=O)[nH]c1=O. The van der Waals surface area contributed by atoms with Crippen LogP contribution in [-0.4, -0.2) is 32.5 Å². The highest BCUT2D eigenvalue weighted by Gasteiger charge is 2.34. The molecule has 1 saturated carbocycles. The Morgan fingerprint density at radius 2 is 2.00 bits per heavy atom. The van der Waals surface area contributed by atoms with Crippen LogP contribution in [0.2, 0.25) is 0 Å². The zero-order valence-corrected chi connectivity index (χ0v) is 15.3. The number of H-pyrrole nitrogens is 2. The van der Waals surface area contributed by atoms with E-state index in [0.717, 1.165) is 31.0 Å². The molecule has 1 aromatic rings. The van der Waals surface area contributed by atoms with Crippen molar-refractivity contribution in [3.63, 3.8) is 0 Å². The molecule has 0 bridgehead atoms. The average Bonchev–Trinajstić information content (AvgIpc) is 2.49. The van der Waals surface area contributed by atoms with Gasteiger partial charge >= 0.3 is 11.7 Å². The van der Waals surface area contributed by atoms with Gasteiger partial charge in [0, 0.05) is 0 Å². The second-order valence-corrected chi connectivity index (χ2v) is 8.20. The van der Waals surface area contributed by atoms with Crippen molar-refractivity contribution < 1.29 is 9.53 Å². The zero-order chi connectivity index (χ0) is 17.9. The lowest BCUT2D eigenvalue weighted by Crippen LogP contribution is -2.37. The van der Waals surface area contributed by atoms with E-state index in [-0.39, 0.29) is 17.1 Å². The van der Waals surface area contributed by atoms with Crippen LogP contribution in [0, 0.1) is 17.8 Å². The van der Waals surface area contributed by atoms with Crippen molar-refractivity contribution in [2.75, 3.05) is 0 Å². The van der Waals surface area contributed by atoms with Crippen LogP contribution in [0.3, 0.4) is 0 Å². The van der Waals surface area contributed by atoms with E-state index in [0.29, 0.717) is 17.8 Å². The minimum Gasteiger partial charge on any atom is -0.461 e. The third-order valence-electron chi connectivity index (χ3n) is 4.53. The van der Waals surface area contributed by atoms with E-state index in [1.165, 1.54) is 0 Å². The Hall–Kier alpha value is -1.57. The van der Waals surface area contributed by atoms with Crippen LogP contribution in [0.1, 0.15) is 47.0 Å². The molecule has 0 spiro atoms. The number of carbonyl (C=O) groups is 1. The Morgan fingerprint density at radius 1 is 1.29 bits per heavy atom. The number of aromatic nitrogens is 3. The average molecular weight is 355 g/mol. The number of thioether (sulfide) groups is 1. The van der Waals surface area contributed by atoms with Gasteiger partial charge in [-0.25, -0.2) is 9.89 Å². The molecule has 8 heteroatoms. The Morgan fingerprint density at radius 3 is 2.62 bits per heavy atom. The Kier molecular flexibility index (Phi) is 6.26. The molecule has 0 amide bonds. The van der Waals surface area contributed by atoms with Gasteiger partial charge in [0.2, 0.25) is 0 Å². The molecule has 134 valence electrons. The van der Waals surface area contributed by atoms with Gasteiger partial charge in [0.1, 0.15) is 11.4 Å². The minimum absolute atomic E-state index is 0.0523. The maximum Gasteiger partial charge on any atom is 0.342 e. The van der Waals surface area contributed by atoms with Crippen molar-refractivity contribution in [3.8, 4) is 0 Å². The van der Waals surface area contributed by atoms with Gasteiger partial charge in [-0.05, 0) is 37.5 Å². The van der Waals surface area contributed by atoms with Crippen molar-refractivity contribution >= 4 is 17.7 Å². The second-order valence-electron chi connectivity index (χ2n) is 6.87. The number of rotatable bonds is 5. The minimum atomic E-state index is -0.671. The van der Waals surface area contributed by atoms with Crippen molar-refractivity contribution in [2.24, 2.45) is 17.8 Å². The Labute approximate surface area is 145 Å². The Balaban J connectivity index is 2.01. The second kappa shape index (κ2) is 8.00. The predicted octanol–water partition coefficient (Wildman–Crippen LogP) is 1.94. The van der Waals surface area contributed by atoms with Crippen LogP contribution in [0.15, 0.2) is 14.6 Å². The summed E-state index contributed by atoms with van der Waals surface area (Å²) in [6.07, 6.45) is 3.03. The largest absolute Gasteiger partial charge is 0.461 e. The maximum absolute atomic E-state index is 12.4. The van der Waals surface area contributed by atoms with Crippen LogP contribution < -0.4 is 11.2 Å². The fraction of sp³-hybridized carbons (Fsp3) is 0.750. The summed E-state index contributed by atoms with van der Waals surface area (Å²) >= 11 is 0.986. The first-order chi connectivity index (χ1) is 11.3. The maximum atomic E-state index is 12.4. The molecule has 7 nitrogen and oxygen atoms in total. The summed E-state index contributed by atoms with van der Waals surface area (Å²) < 4.78 is 5.76. The summed E-state index contributed by atoms with van der Waals surface area (Å²) in [6.45, 7) is 8.17. The molecule has 2 rings (SSSR count). The molecule has 24 heavy (non-hydrogen) atoms. The van der Waals surface area contributed by atoms with Crippen molar-refractivity contribution in [1.29, 1.82) is 0 Å². The number of hydrogen-bond acceptors (Lipinski definition) is 6. The fourth-order valence-corrected chi connectivity index (χ4v) is 3.87. The normalized spacial score (nSPS) is 25.5. The number of hydrogen-bond donors (Lipinski definition) is 2. The quantitative estimate of drug-likeness (QED) is 0.618. The number of carbonyl (C=O) groups excluding carboxylic acids is 1. The van der Waals surface area contributed by atoms with Gasteiger partial charge in [-0.15, -0.1) is 0 Å². The van der Waals surface area contributed by atoms with Gasteiger partial charge in [0.05, 0.1) is 0 Å². The van der Waals surface area contributed by atoms with Gasteiger partial charge < -0.3 is 4.74 Å². The molecule has 1 heterocycles. The Bertz CT molecular complexity index is 684. The van der Waals surface area contributed by atoms with E-state index in [2.05, 4.69) is 36.0 Å². The summed E-state index contributed by atoms with van der Waals surface area (Å²) in [5, 5.41) is 5.31. The monoisotopic (exact) mass is 355 g/mol. The van der Waals surface area contributed by atoms with Crippen LogP contribution in [0.4, 0.5) is 0 Å². The summed E-state index contributed by atoms with van der Waals surface area (Å²) in [4.78, 5) is 37.1. The summed E-state index contributed by atoms with van der Waals surface area (Å²) in [6, 6.07) is 0. The predicted molar refractivity (Wildman–Crippen MR) is 92.0 cm³/mol. The lowest BCUT2D eigenvalue weighted by Gasteiger charge is -2.37. The van der Waals surface area contributed by atoms with E-state index < -0.39 is 16.5 Å². The summed E-state index contributed by atoms with van der Waals surface area (Å²) in [5.41, 5.74) is -1.27. The standard InChI is InChI=1S/C16H25N3O4S/c1-8(2)11-6-5-9(3)7-12(11)23-15(21)10(4)24-14-13(20)17-16(22)19-18-14/h8-12H,5-7H2,1-4H3,(H2,17,19,20,22)/t9-,10-,11-,12+/m1/s1. The topological polar surface area (TPSA) is 105 Å². The molecular weight excluding hydrogens is 330 g/mol. The van der Waals surface area contributed by atoms with Gasteiger partial charge in [-0.3, -0.25) is 14.6 Å². The van der Waals surface area contributed by atoms with Gasteiger partial charge in [0.15, 0.2) is 5.03 Å². The molecule has 1 fully saturated rings. The summed E-state index contributed by atoms with van der Waals surface area (Å²) in [5.74, 6) is 1.03. The van der Waals surface area contributed by atoms with Crippen LogP contribution in [-0.2, 0) is 9.53 Å². The number of esters is 1. The molecule has 2 N–H and O–H groups in total.